The van der Waals surface area contributed by atoms with Crippen LogP contribution in [-0.4, -0.2) is 38.4 Å². The van der Waals surface area contributed by atoms with E-state index in [1.54, 1.807) is 14.2 Å². The van der Waals surface area contributed by atoms with Gasteiger partial charge in [0.2, 0.25) is 0 Å². The van der Waals surface area contributed by atoms with Crippen molar-refractivity contribution < 1.29 is 9.47 Å². The van der Waals surface area contributed by atoms with Gasteiger partial charge in [-0.25, -0.2) is 0 Å². The molecule has 20 heavy (non-hydrogen) atoms. The van der Waals surface area contributed by atoms with Crippen molar-refractivity contribution in [3.63, 3.8) is 0 Å². The van der Waals surface area contributed by atoms with Crippen LogP contribution in [-0.2, 0) is 4.74 Å². The van der Waals surface area contributed by atoms with Crippen molar-refractivity contribution in [1.82, 2.24) is 0 Å². The van der Waals surface area contributed by atoms with Crippen LogP contribution < -0.4 is 15.4 Å². The van der Waals surface area contributed by atoms with Crippen molar-refractivity contribution in [2.75, 3.05) is 32.3 Å². The van der Waals surface area contributed by atoms with Crippen molar-refractivity contribution in [1.29, 1.82) is 0 Å². The Morgan fingerprint density at radius 2 is 2.10 bits per heavy atom. The van der Waals surface area contributed by atoms with Crippen LogP contribution >= 0.6 is 12.2 Å². The molecule has 0 aliphatic rings. The molecule has 0 aliphatic heterocycles. The molecular formula is C15H24N2O2S. The summed E-state index contributed by atoms with van der Waals surface area (Å²) in [5.41, 5.74) is 7.72. The summed E-state index contributed by atoms with van der Waals surface area (Å²) in [7, 11) is 3.36. The summed E-state index contributed by atoms with van der Waals surface area (Å²) >= 11 is 5.16. The molecule has 4 nitrogen and oxygen atoms in total. The second kappa shape index (κ2) is 8.07. The SMILES string of the molecule is CCC(C)N(CCOC)c1cc(OC)ccc1C(N)=S. The minimum Gasteiger partial charge on any atom is -0.497 e. The van der Waals surface area contributed by atoms with E-state index in [4.69, 9.17) is 27.4 Å². The van der Waals surface area contributed by atoms with E-state index < -0.39 is 0 Å². The van der Waals surface area contributed by atoms with Crippen molar-refractivity contribution in [3.8, 4) is 5.75 Å². The van der Waals surface area contributed by atoms with Gasteiger partial charge in [-0.05, 0) is 25.5 Å². The van der Waals surface area contributed by atoms with E-state index in [1.165, 1.54) is 0 Å². The largest absolute Gasteiger partial charge is 0.497 e. The minimum absolute atomic E-state index is 0.366. The zero-order valence-corrected chi connectivity index (χ0v) is 13.5. The molecule has 112 valence electrons. The van der Waals surface area contributed by atoms with Crippen LogP contribution in [0.5, 0.6) is 5.75 Å². The monoisotopic (exact) mass is 296 g/mol. The third kappa shape index (κ3) is 4.08. The number of benzene rings is 1. The van der Waals surface area contributed by atoms with Gasteiger partial charge in [-0.2, -0.15) is 0 Å². The fourth-order valence-electron chi connectivity index (χ4n) is 2.07. The predicted octanol–water partition coefficient (Wildman–Crippen LogP) is 2.58. The lowest BCUT2D eigenvalue weighted by Crippen LogP contribution is -2.36. The first-order valence-corrected chi connectivity index (χ1v) is 7.19. The van der Waals surface area contributed by atoms with Crippen LogP contribution in [0.15, 0.2) is 18.2 Å². The molecule has 0 saturated carbocycles. The van der Waals surface area contributed by atoms with Crippen molar-refractivity contribution >= 4 is 22.9 Å². The molecule has 0 radical (unpaired) electrons. The Kier molecular flexibility index (Phi) is 6.75. The molecule has 2 N–H and O–H groups in total. The lowest BCUT2D eigenvalue weighted by atomic mass is 10.1. The molecule has 0 bridgehead atoms. The van der Waals surface area contributed by atoms with E-state index >= 15 is 0 Å². The molecule has 1 aromatic rings. The van der Waals surface area contributed by atoms with Crippen LogP contribution in [0, 0.1) is 0 Å². The highest BCUT2D eigenvalue weighted by molar-refractivity contribution is 7.80. The Morgan fingerprint density at radius 1 is 1.40 bits per heavy atom. The predicted molar refractivity (Wildman–Crippen MR) is 87.9 cm³/mol. The van der Waals surface area contributed by atoms with Gasteiger partial charge in [0.15, 0.2) is 0 Å². The van der Waals surface area contributed by atoms with E-state index in [1.807, 2.05) is 18.2 Å². The van der Waals surface area contributed by atoms with Crippen LogP contribution in [0.25, 0.3) is 0 Å². The van der Waals surface area contributed by atoms with Crippen LogP contribution in [0.2, 0.25) is 0 Å². The maximum absolute atomic E-state index is 5.85. The highest BCUT2D eigenvalue weighted by Gasteiger charge is 2.18. The molecule has 1 atom stereocenters. The highest BCUT2D eigenvalue weighted by Crippen LogP contribution is 2.28. The third-order valence-electron chi connectivity index (χ3n) is 3.44. The lowest BCUT2D eigenvalue weighted by Gasteiger charge is -2.32. The molecule has 0 aromatic heterocycles. The normalized spacial score (nSPS) is 12.0. The van der Waals surface area contributed by atoms with E-state index in [9.17, 15) is 0 Å². The first kappa shape index (κ1) is 16.7. The maximum Gasteiger partial charge on any atom is 0.120 e. The molecule has 0 saturated heterocycles. The molecule has 1 rings (SSSR count). The zero-order valence-electron chi connectivity index (χ0n) is 12.7. The number of hydrogen-bond donors (Lipinski definition) is 1. The third-order valence-corrected chi connectivity index (χ3v) is 3.66. The number of anilines is 1. The summed E-state index contributed by atoms with van der Waals surface area (Å²) in [6, 6.07) is 6.14. The van der Waals surface area contributed by atoms with Gasteiger partial charge in [0, 0.05) is 31.3 Å². The Labute approximate surface area is 126 Å². The molecule has 0 amide bonds. The number of hydrogen-bond acceptors (Lipinski definition) is 4. The number of rotatable bonds is 8. The Morgan fingerprint density at radius 3 is 2.60 bits per heavy atom. The lowest BCUT2D eigenvalue weighted by molar-refractivity contribution is 0.203. The van der Waals surface area contributed by atoms with Gasteiger partial charge in [0.25, 0.3) is 0 Å². The molecule has 0 heterocycles. The average Bonchev–Trinajstić information content (AvgIpc) is 2.46. The molecule has 1 unspecified atom stereocenters. The van der Waals surface area contributed by atoms with Crippen molar-refractivity contribution in [2.24, 2.45) is 5.73 Å². The first-order chi connectivity index (χ1) is 9.54. The van der Waals surface area contributed by atoms with Gasteiger partial charge in [0.05, 0.1) is 19.4 Å². The van der Waals surface area contributed by atoms with Gasteiger partial charge in [-0.15, -0.1) is 0 Å². The van der Waals surface area contributed by atoms with E-state index in [-0.39, 0.29) is 0 Å². The number of ether oxygens (including phenoxy) is 2. The fourth-order valence-corrected chi connectivity index (χ4v) is 2.25. The first-order valence-electron chi connectivity index (χ1n) is 6.78. The minimum atomic E-state index is 0.366. The van der Waals surface area contributed by atoms with Gasteiger partial charge in [-0.1, -0.05) is 19.1 Å². The Balaban J connectivity index is 3.23. The standard InChI is InChI=1S/C15H24N2O2S/c1-5-11(2)17(8-9-18-3)14-10-12(19-4)6-7-13(14)15(16)20/h6-7,10-11H,5,8-9H2,1-4H3,(H2,16,20). The van der Waals surface area contributed by atoms with Gasteiger partial charge in [-0.3, -0.25) is 0 Å². The van der Waals surface area contributed by atoms with Crippen LogP contribution in [0.1, 0.15) is 25.8 Å². The van der Waals surface area contributed by atoms with Gasteiger partial charge in [0.1, 0.15) is 10.7 Å². The van der Waals surface area contributed by atoms with Crippen molar-refractivity contribution in [3.05, 3.63) is 23.8 Å². The molecule has 5 heteroatoms. The summed E-state index contributed by atoms with van der Waals surface area (Å²) < 4.78 is 10.5. The number of thiocarbonyl (C=S) groups is 1. The number of methoxy groups -OCH3 is 2. The quantitative estimate of drug-likeness (QED) is 0.747. The van der Waals surface area contributed by atoms with E-state index in [0.29, 0.717) is 17.6 Å². The average molecular weight is 296 g/mol. The van der Waals surface area contributed by atoms with Crippen molar-refractivity contribution in [2.45, 2.75) is 26.3 Å². The molecule has 0 spiro atoms. The Hall–Kier alpha value is -1.33. The molecule has 1 aromatic carbocycles. The zero-order chi connectivity index (χ0) is 15.1. The van der Waals surface area contributed by atoms with E-state index in [0.717, 1.165) is 30.0 Å². The summed E-state index contributed by atoms with van der Waals surface area (Å²) in [6.07, 6.45) is 1.03. The molecule has 0 aliphatic carbocycles. The summed E-state index contributed by atoms with van der Waals surface area (Å²) in [4.78, 5) is 2.66. The van der Waals surface area contributed by atoms with Gasteiger partial charge >= 0.3 is 0 Å². The topological polar surface area (TPSA) is 47.7 Å². The summed E-state index contributed by atoms with van der Waals surface area (Å²) in [5, 5.41) is 0. The number of nitrogens with zero attached hydrogens (tertiary/aromatic N) is 1. The second-order valence-corrected chi connectivity index (χ2v) is 5.13. The fraction of sp³-hybridized carbons (Fsp3) is 0.533. The molecular weight excluding hydrogens is 272 g/mol. The summed E-state index contributed by atoms with van der Waals surface area (Å²) in [6.45, 7) is 5.77. The van der Waals surface area contributed by atoms with Crippen LogP contribution in [0.4, 0.5) is 5.69 Å². The van der Waals surface area contributed by atoms with Gasteiger partial charge < -0.3 is 20.1 Å². The van der Waals surface area contributed by atoms with Crippen LogP contribution in [0.3, 0.4) is 0 Å². The highest BCUT2D eigenvalue weighted by atomic mass is 32.1. The maximum atomic E-state index is 5.85. The second-order valence-electron chi connectivity index (χ2n) is 4.69. The molecule has 0 fully saturated rings. The Bertz CT molecular complexity index is 451. The number of nitrogens with two attached hydrogens (primary N) is 1. The summed E-state index contributed by atoms with van der Waals surface area (Å²) in [5.74, 6) is 0.797. The smallest absolute Gasteiger partial charge is 0.120 e. The van der Waals surface area contributed by atoms with E-state index in [2.05, 4.69) is 18.7 Å².